The van der Waals surface area contributed by atoms with Crippen LogP contribution in [0.3, 0.4) is 0 Å². The topological polar surface area (TPSA) is 62.6 Å². The summed E-state index contributed by atoms with van der Waals surface area (Å²) in [6.45, 7) is 2.98. The number of furan rings is 1. The molecule has 1 aromatic carbocycles. The van der Waals surface area contributed by atoms with Crippen molar-refractivity contribution >= 4 is 23.6 Å². The number of piperidine rings is 1. The van der Waals surface area contributed by atoms with Crippen molar-refractivity contribution in [1.82, 2.24) is 4.90 Å². The Morgan fingerprint density at radius 3 is 2.72 bits per heavy atom. The van der Waals surface area contributed by atoms with Crippen LogP contribution in [-0.2, 0) is 9.59 Å². The van der Waals surface area contributed by atoms with Crippen LogP contribution in [0.15, 0.2) is 53.0 Å². The van der Waals surface area contributed by atoms with Crippen LogP contribution < -0.4 is 5.32 Å². The van der Waals surface area contributed by atoms with E-state index in [1.165, 1.54) is 6.08 Å². The number of hydrogen-bond donors (Lipinski definition) is 1. The summed E-state index contributed by atoms with van der Waals surface area (Å²) in [5, 5.41) is 2.92. The van der Waals surface area contributed by atoms with Crippen molar-refractivity contribution in [2.24, 2.45) is 5.92 Å². The van der Waals surface area contributed by atoms with E-state index in [4.69, 9.17) is 4.42 Å². The molecule has 1 saturated heterocycles. The number of hydrogen-bond acceptors (Lipinski definition) is 3. The lowest BCUT2D eigenvalue weighted by atomic mass is 9.97. The van der Waals surface area contributed by atoms with Crippen LogP contribution in [0.2, 0.25) is 0 Å². The summed E-state index contributed by atoms with van der Waals surface area (Å²) in [4.78, 5) is 26.5. The Bertz CT molecular complexity index is 764. The largest absolute Gasteiger partial charge is 0.462 e. The number of anilines is 1. The van der Waals surface area contributed by atoms with Gasteiger partial charge in [-0.3, -0.25) is 9.59 Å². The fourth-order valence-electron chi connectivity index (χ4n) is 2.96. The standard InChI is InChI=1S/C20H22N2O3/c1-15-9-10-18(25-15)11-12-19(23)22-13-5-6-16(14-22)20(24)21-17-7-3-2-4-8-17/h2-4,7-12,16H,5-6,13-14H2,1H3,(H,21,24)/b12-11+. The fourth-order valence-corrected chi connectivity index (χ4v) is 2.96. The zero-order chi connectivity index (χ0) is 17.6. The minimum Gasteiger partial charge on any atom is -0.462 e. The molecule has 1 fully saturated rings. The first-order chi connectivity index (χ1) is 12.1. The predicted molar refractivity (Wildman–Crippen MR) is 96.9 cm³/mol. The third-order valence-electron chi connectivity index (χ3n) is 4.30. The number of likely N-dealkylation sites (tertiary alicyclic amines) is 1. The molecule has 0 bridgehead atoms. The Hall–Kier alpha value is -2.82. The first-order valence-electron chi connectivity index (χ1n) is 8.51. The van der Waals surface area contributed by atoms with E-state index >= 15 is 0 Å². The summed E-state index contributed by atoms with van der Waals surface area (Å²) in [6.07, 6.45) is 4.80. The summed E-state index contributed by atoms with van der Waals surface area (Å²) in [5.74, 6) is 1.15. The van der Waals surface area contributed by atoms with Gasteiger partial charge >= 0.3 is 0 Å². The van der Waals surface area contributed by atoms with Gasteiger partial charge in [0.05, 0.1) is 5.92 Å². The lowest BCUT2D eigenvalue weighted by Crippen LogP contribution is -2.43. The summed E-state index contributed by atoms with van der Waals surface area (Å²) < 4.78 is 5.43. The molecule has 5 nitrogen and oxygen atoms in total. The monoisotopic (exact) mass is 338 g/mol. The van der Waals surface area contributed by atoms with Gasteiger partial charge in [-0.25, -0.2) is 0 Å². The number of para-hydroxylation sites is 1. The maximum Gasteiger partial charge on any atom is 0.246 e. The third-order valence-corrected chi connectivity index (χ3v) is 4.30. The van der Waals surface area contributed by atoms with Crippen molar-refractivity contribution in [2.75, 3.05) is 18.4 Å². The van der Waals surface area contributed by atoms with Crippen molar-refractivity contribution in [2.45, 2.75) is 19.8 Å². The maximum absolute atomic E-state index is 12.4. The van der Waals surface area contributed by atoms with Crippen LogP contribution in [0.25, 0.3) is 6.08 Å². The van der Waals surface area contributed by atoms with Crippen LogP contribution in [0.5, 0.6) is 0 Å². The average molecular weight is 338 g/mol. The van der Waals surface area contributed by atoms with Gasteiger partial charge in [0, 0.05) is 24.9 Å². The number of carbonyl (C=O) groups excluding carboxylic acids is 2. The number of nitrogens with one attached hydrogen (secondary N) is 1. The molecule has 0 saturated carbocycles. The Kier molecular flexibility index (Phi) is 5.33. The van der Waals surface area contributed by atoms with E-state index in [2.05, 4.69) is 5.32 Å². The van der Waals surface area contributed by atoms with Gasteiger partial charge in [0.1, 0.15) is 11.5 Å². The SMILES string of the molecule is Cc1ccc(/C=C/C(=O)N2CCCC(C(=O)Nc3ccccc3)C2)o1. The Balaban J connectivity index is 1.57. The average Bonchev–Trinajstić information content (AvgIpc) is 3.06. The minimum absolute atomic E-state index is 0.0330. The van der Waals surface area contributed by atoms with Crippen LogP contribution in [0.1, 0.15) is 24.4 Å². The molecular weight excluding hydrogens is 316 g/mol. The van der Waals surface area contributed by atoms with Crippen molar-refractivity contribution in [1.29, 1.82) is 0 Å². The lowest BCUT2D eigenvalue weighted by Gasteiger charge is -2.31. The van der Waals surface area contributed by atoms with Gasteiger partial charge in [-0.2, -0.15) is 0 Å². The highest BCUT2D eigenvalue weighted by molar-refractivity contribution is 5.94. The quantitative estimate of drug-likeness (QED) is 0.868. The van der Waals surface area contributed by atoms with E-state index in [0.29, 0.717) is 18.8 Å². The summed E-state index contributed by atoms with van der Waals surface area (Å²) in [7, 11) is 0. The van der Waals surface area contributed by atoms with Gasteiger partial charge in [-0.1, -0.05) is 18.2 Å². The molecule has 0 aliphatic carbocycles. The second-order valence-electron chi connectivity index (χ2n) is 6.26. The highest BCUT2D eigenvalue weighted by atomic mass is 16.3. The van der Waals surface area contributed by atoms with E-state index < -0.39 is 0 Å². The van der Waals surface area contributed by atoms with Gasteiger partial charge in [0.25, 0.3) is 0 Å². The predicted octanol–water partition coefficient (Wildman–Crippen LogP) is 3.48. The Labute approximate surface area is 147 Å². The smallest absolute Gasteiger partial charge is 0.246 e. The van der Waals surface area contributed by atoms with E-state index in [1.54, 1.807) is 11.0 Å². The lowest BCUT2D eigenvalue weighted by molar-refractivity contribution is -0.130. The number of amides is 2. The minimum atomic E-state index is -0.183. The third kappa shape index (κ3) is 4.59. The molecule has 5 heteroatoms. The molecule has 0 spiro atoms. The van der Waals surface area contributed by atoms with E-state index in [1.807, 2.05) is 49.4 Å². The number of rotatable bonds is 4. The zero-order valence-electron chi connectivity index (χ0n) is 14.3. The zero-order valence-corrected chi connectivity index (χ0v) is 14.3. The van der Waals surface area contributed by atoms with Crippen LogP contribution >= 0.6 is 0 Å². The normalized spacial score (nSPS) is 17.6. The number of nitrogens with zero attached hydrogens (tertiary/aromatic N) is 1. The number of benzene rings is 1. The first-order valence-corrected chi connectivity index (χ1v) is 8.51. The van der Waals surface area contributed by atoms with Crippen molar-refractivity contribution in [3.05, 3.63) is 60.1 Å². The van der Waals surface area contributed by atoms with Crippen LogP contribution in [-0.4, -0.2) is 29.8 Å². The summed E-state index contributed by atoms with van der Waals surface area (Å²) in [6, 6.07) is 13.1. The first kappa shape index (κ1) is 17.0. The highest BCUT2D eigenvalue weighted by Gasteiger charge is 2.27. The molecule has 2 heterocycles. The van der Waals surface area contributed by atoms with Gasteiger partial charge in [-0.05, 0) is 50.1 Å². The van der Waals surface area contributed by atoms with Crippen molar-refractivity contribution in [3.8, 4) is 0 Å². The van der Waals surface area contributed by atoms with Crippen LogP contribution in [0.4, 0.5) is 5.69 Å². The molecule has 1 N–H and O–H groups in total. The van der Waals surface area contributed by atoms with Gasteiger partial charge in [0.15, 0.2) is 0 Å². The van der Waals surface area contributed by atoms with E-state index in [-0.39, 0.29) is 17.7 Å². The van der Waals surface area contributed by atoms with Crippen molar-refractivity contribution < 1.29 is 14.0 Å². The molecule has 2 amide bonds. The summed E-state index contributed by atoms with van der Waals surface area (Å²) >= 11 is 0. The maximum atomic E-state index is 12.4. The van der Waals surface area contributed by atoms with Crippen LogP contribution in [0, 0.1) is 12.8 Å². The molecule has 25 heavy (non-hydrogen) atoms. The fraction of sp³-hybridized carbons (Fsp3) is 0.300. The molecule has 0 radical (unpaired) electrons. The summed E-state index contributed by atoms with van der Waals surface area (Å²) in [5.41, 5.74) is 0.782. The molecule has 1 atom stereocenters. The molecule has 2 aromatic rings. The molecule has 1 aliphatic rings. The Morgan fingerprint density at radius 1 is 1.20 bits per heavy atom. The molecular formula is C20H22N2O3. The van der Waals surface area contributed by atoms with Gasteiger partial charge in [0.2, 0.25) is 11.8 Å². The Morgan fingerprint density at radius 2 is 2.00 bits per heavy atom. The van der Waals surface area contributed by atoms with Crippen molar-refractivity contribution in [3.63, 3.8) is 0 Å². The second kappa shape index (κ2) is 7.83. The highest BCUT2D eigenvalue weighted by Crippen LogP contribution is 2.19. The number of aryl methyl sites for hydroxylation is 1. The molecule has 1 unspecified atom stereocenters. The number of carbonyl (C=O) groups is 2. The second-order valence-corrected chi connectivity index (χ2v) is 6.26. The molecule has 1 aliphatic heterocycles. The van der Waals surface area contributed by atoms with Gasteiger partial charge < -0.3 is 14.6 Å². The van der Waals surface area contributed by atoms with E-state index in [0.717, 1.165) is 24.3 Å². The molecule has 130 valence electrons. The van der Waals surface area contributed by atoms with Gasteiger partial charge in [-0.15, -0.1) is 0 Å². The molecule has 1 aromatic heterocycles. The van der Waals surface area contributed by atoms with E-state index in [9.17, 15) is 9.59 Å². The molecule has 3 rings (SSSR count).